The number of nitrogens with one attached hydrogen (secondary N) is 1. The van der Waals surface area contributed by atoms with Crippen molar-refractivity contribution in [3.63, 3.8) is 0 Å². The van der Waals surface area contributed by atoms with Gasteiger partial charge in [0, 0.05) is 20.8 Å². The van der Waals surface area contributed by atoms with E-state index >= 15 is 0 Å². The van der Waals surface area contributed by atoms with Crippen LogP contribution >= 0.6 is 27.3 Å². The maximum atomic E-state index is 13.1. The first-order valence-electron chi connectivity index (χ1n) is 5.92. The van der Waals surface area contributed by atoms with Gasteiger partial charge in [0.05, 0.1) is 19.2 Å². The van der Waals surface area contributed by atoms with Gasteiger partial charge in [-0.15, -0.1) is 11.3 Å². The summed E-state index contributed by atoms with van der Waals surface area (Å²) in [4.78, 5) is 13.2. The second-order valence-electron chi connectivity index (χ2n) is 4.10. The molecule has 0 aliphatic heterocycles. The molecule has 1 N–H and O–H groups in total. The van der Waals surface area contributed by atoms with E-state index in [1.807, 2.05) is 12.1 Å². The van der Waals surface area contributed by atoms with Crippen molar-refractivity contribution in [2.24, 2.45) is 0 Å². The number of rotatable bonds is 5. The Kier molecular flexibility index (Phi) is 5.14. The topological polar surface area (TPSA) is 38.3 Å². The third-order valence-electron chi connectivity index (χ3n) is 2.65. The van der Waals surface area contributed by atoms with Crippen molar-refractivity contribution in [3.05, 3.63) is 50.4 Å². The van der Waals surface area contributed by atoms with Crippen LogP contribution in [0.15, 0.2) is 34.8 Å². The van der Waals surface area contributed by atoms with Gasteiger partial charge in [-0.3, -0.25) is 4.79 Å². The Bertz CT molecular complexity index is 615. The zero-order valence-corrected chi connectivity index (χ0v) is 13.2. The van der Waals surface area contributed by atoms with Crippen molar-refractivity contribution < 1.29 is 13.9 Å². The predicted molar refractivity (Wildman–Crippen MR) is 81.5 cm³/mol. The molecule has 0 radical (unpaired) electrons. The number of hydrogen-bond acceptors (Lipinski definition) is 4. The molecule has 0 atom stereocenters. The molecule has 20 heavy (non-hydrogen) atoms. The lowest BCUT2D eigenvalue weighted by Crippen LogP contribution is -2.02. The first kappa shape index (κ1) is 15.0. The second kappa shape index (κ2) is 6.85. The molecule has 0 amide bonds. The Labute approximate surface area is 128 Å². The molecule has 1 aromatic heterocycles. The quantitative estimate of drug-likeness (QED) is 0.822. The highest BCUT2D eigenvalue weighted by Gasteiger charge is 2.07. The summed E-state index contributed by atoms with van der Waals surface area (Å²) in [5, 5.41) is 3.16. The van der Waals surface area contributed by atoms with Gasteiger partial charge in [0.2, 0.25) is 0 Å². The molecular formula is C14H13BrFNO2S. The number of carbonyl (C=O) groups is 1. The normalized spacial score (nSPS) is 10.3. The van der Waals surface area contributed by atoms with Gasteiger partial charge in [0.1, 0.15) is 5.82 Å². The Morgan fingerprint density at radius 2 is 2.10 bits per heavy atom. The molecule has 0 aliphatic carbocycles. The van der Waals surface area contributed by atoms with Crippen molar-refractivity contribution >= 4 is 38.9 Å². The molecule has 106 valence electrons. The highest BCUT2D eigenvalue weighted by molar-refractivity contribution is 9.10. The van der Waals surface area contributed by atoms with E-state index in [1.54, 1.807) is 6.07 Å². The van der Waals surface area contributed by atoms with Crippen molar-refractivity contribution in [2.75, 3.05) is 12.4 Å². The Balaban J connectivity index is 1.97. The van der Waals surface area contributed by atoms with Gasteiger partial charge in [-0.2, -0.15) is 0 Å². The molecule has 1 heterocycles. The van der Waals surface area contributed by atoms with Crippen LogP contribution in [0.25, 0.3) is 0 Å². The third kappa shape index (κ3) is 4.05. The lowest BCUT2D eigenvalue weighted by atomic mass is 10.3. The summed E-state index contributed by atoms with van der Waals surface area (Å²) in [7, 11) is 1.37. The van der Waals surface area contributed by atoms with Crippen LogP contribution in [-0.4, -0.2) is 13.1 Å². The molecule has 2 rings (SSSR count). The van der Waals surface area contributed by atoms with Gasteiger partial charge in [-0.25, -0.2) is 4.39 Å². The number of hydrogen-bond donors (Lipinski definition) is 1. The average molecular weight is 358 g/mol. The Hall–Kier alpha value is -1.40. The van der Waals surface area contributed by atoms with Crippen LogP contribution in [0.2, 0.25) is 0 Å². The molecule has 0 unspecified atom stereocenters. The number of anilines is 1. The Morgan fingerprint density at radius 3 is 2.85 bits per heavy atom. The maximum absolute atomic E-state index is 13.1. The molecule has 0 bridgehead atoms. The number of esters is 1. The van der Waals surface area contributed by atoms with Crippen LogP contribution in [0, 0.1) is 5.82 Å². The summed E-state index contributed by atoms with van der Waals surface area (Å²) in [6.07, 6.45) is 0.283. The van der Waals surface area contributed by atoms with Crippen molar-refractivity contribution in [2.45, 2.75) is 13.0 Å². The van der Waals surface area contributed by atoms with Crippen LogP contribution < -0.4 is 5.32 Å². The number of methoxy groups -OCH3 is 1. The molecule has 1 aromatic carbocycles. The number of ether oxygens (including phenoxy) is 1. The number of benzene rings is 1. The minimum absolute atomic E-state index is 0.251. The predicted octanol–water partition coefficient (Wildman–Crippen LogP) is 3.98. The zero-order chi connectivity index (χ0) is 14.5. The van der Waals surface area contributed by atoms with Crippen molar-refractivity contribution in [1.82, 2.24) is 0 Å². The van der Waals surface area contributed by atoms with Crippen LogP contribution in [0.5, 0.6) is 0 Å². The molecule has 2 aromatic rings. The first-order chi connectivity index (χ1) is 9.58. The fourth-order valence-electron chi connectivity index (χ4n) is 1.64. The Morgan fingerprint density at radius 1 is 1.35 bits per heavy atom. The van der Waals surface area contributed by atoms with E-state index < -0.39 is 0 Å². The molecule has 0 saturated carbocycles. The fraction of sp³-hybridized carbons (Fsp3) is 0.214. The minimum Gasteiger partial charge on any atom is -0.469 e. The van der Waals surface area contributed by atoms with Crippen LogP contribution in [-0.2, 0) is 22.5 Å². The van der Waals surface area contributed by atoms with Gasteiger partial charge >= 0.3 is 5.97 Å². The van der Waals surface area contributed by atoms with Crippen LogP contribution in [0.1, 0.15) is 9.75 Å². The lowest BCUT2D eigenvalue weighted by molar-refractivity contribution is -0.139. The van der Waals surface area contributed by atoms with Gasteiger partial charge in [-0.1, -0.05) is 0 Å². The zero-order valence-electron chi connectivity index (χ0n) is 10.8. The van der Waals surface area contributed by atoms with E-state index in [1.165, 1.54) is 30.6 Å². The summed E-state index contributed by atoms with van der Waals surface area (Å²) in [5.41, 5.74) is 0.702. The summed E-state index contributed by atoms with van der Waals surface area (Å²) in [5.74, 6) is -0.535. The smallest absolute Gasteiger partial charge is 0.310 e. The van der Waals surface area contributed by atoms with Gasteiger partial charge < -0.3 is 10.1 Å². The molecular weight excluding hydrogens is 345 g/mol. The molecule has 3 nitrogen and oxygen atoms in total. The summed E-state index contributed by atoms with van der Waals surface area (Å²) in [6.45, 7) is 0.577. The number of thiophene rings is 1. The maximum Gasteiger partial charge on any atom is 0.310 e. The second-order valence-corrected chi connectivity index (χ2v) is 6.21. The fourth-order valence-corrected chi connectivity index (χ4v) is 2.97. The highest BCUT2D eigenvalue weighted by Crippen LogP contribution is 2.25. The minimum atomic E-state index is -0.284. The van der Waals surface area contributed by atoms with Crippen molar-refractivity contribution in [3.8, 4) is 0 Å². The monoisotopic (exact) mass is 357 g/mol. The highest BCUT2D eigenvalue weighted by atomic mass is 79.9. The van der Waals surface area contributed by atoms with Crippen molar-refractivity contribution in [1.29, 1.82) is 0 Å². The lowest BCUT2D eigenvalue weighted by Gasteiger charge is -2.07. The van der Waals surface area contributed by atoms with E-state index in [9.17, 15) is 9.18 Å². The number of carbonyl (C=O) groups excluding carboxylic acids is 1. The summed E-state index contributed by atoms with van der Waals surface area (Å²) in [6, 6.07) is 8.35. The largest absolute Gasteiger partial charge is 0.469 e. The third-order valence-corrected chi connectivity index (χ3v) is 4.42. The SMILES string of the molecule is COC(=O)Cc1ccc(CNc2cc(F)ccc2Br)s1. The average Bonchev–Trinajstić information content (AvgIpc) is 2.87. The molecule has 0 spiro atoms. The van der Waals surface area contributed by atoms with Crippen LogP contribution in [0.4, 0.5) is 10.1 Å². The van der Waals surface area contributed by atoms with E-state index in [4.69, 9.17) is 0 Å². The summed E-state index contributed by atoms with van der Waals surface area (Å²) >= 11 is 4.90. The van der Waals surface area contributed by atoms with Crippen LogP contribution in [0.3, 0.4) is 0 Å². The van der Waals surface area contributed by atoms with Gasteiger partial charge in [-0.05, 0) is 46.3 Å². The molecule has 6 heteroatoms. The van der Waals surface area contributed by atoms with E-state index in [0.717, 1.165) is 14.2 Å². The van der Waals surface area contributed by atoms with E-state index in [-0.39, 0.29) is 18.2 Å². The summed E-state index contributed by atoms with van der Waals surface area (Å²) < 4.78 is 18.6. The standard InChI is InChI=1S/C14H13BrFNO2S/c1-19-14(18)7-10-3-4-11(20-10)8-17-13-6-9(16)2-5-12(13)15/h2-6,17H,7-8H2,1H3. The number of halogens is 2. The van der Waals surface area contributed by atoms with Gasteiger partial charge in [0.25, 0.3) is 0 Å². The molecule has 0 saturated heterocycles. The van der Waals surface area contributed by atoms with E-state index in [2.05, 4.69) is 26.0 Å². The first-order valence-corrected chi connectivity index (χ1v) is 7.53. The van der Waals surface area contributed by atoms with Gasteiger partial charge in [0.15, 0.2) is 0 Å². The molecule has 0 aliphatic rings. The van der Waals surface area contributed by atoms with E-state index in [0.29, 0.717) is 12.2 Å². The molecule has 0 fully saturated rings.